The lowest BCUT2D eigenvalue weighted by Crippen LogP contribution is -2.45. The summed E-state index contributed by atoms with van der Waals surface area (Å²) in [6.07, 6.45) is 2.68. The first-order chi connectivity index (χ1) is 9.84. The average Bonchev–Trinajstić information content (AvgIpc) is 2.88. The molecule has 1 N–H and O–H groups in total. The monoisotopic (exact) mass is 308 g/mol. The second-order valence-corrected chi connectivity index (χ2v) is 8.80. The average molecular weight is 309 g/mol. The van der Waals surface area contributed by atoms with Crippen molar-refractivity contribution in [3.05, 3.63) is 21.9 Å². The van der Waals surface area contributed by atoms with Gasteiger partial charge in [0.05, 0.1) is 0 Å². The molecule has 0 amide bonds. The van der Waals surface area contributed by atoms with E-state index in [1.165, 1.54) is 24.3 Å². The molecule has 0 spiro atoms. The smallest absolute Gasteiger partial charge is 0.0484 e. The quantitative estimate of drug-likeness (QED) is 0.885. The molecule has 0 bridgehead atoms. The Balaban J connectivity index is 2.31. The van der Waals surface area contributed by atoms with Crippen molar-refractivity contribution in [3.63, 3.8) is 0 Å². The van der Waals surface area contributed by atoms with Crippen molar-refractivity contribution in [2.24, 2.45) is 5.92 Å². The lowest BCUT2D eigenvalue weighted by Gasteiger charge is -2.43. The van der Waals surface area contributed by atoms with Gasteiger partial charge in [0, 0.05) is 21.8 Å². The molecule has 0 aliphatic carbocycles. The SMILES string of the molecule is CNCC1CCCN(C(C)C)C1c1ccc(C(C)(C)C)s1. The Morgan fingerprint density at radius 2 is 2.05 bits per heavy atom. The van der Waals surface area contributed by atoms with Gasteiger partial charge < -0.3 is 5.32 Å². The van der Waals surface area contributed by atoms with Gasteiger partial charge in [-0.2, -0.15) is 0 Å². The number of hydrogen-bond acceptors (Lipinski definition) is 3. The summed E-state index contributed by atoms with van der Waals surface area (Å²) in [4.78, 5) is 5.78. The molecule has 2 rings (SSSR count). The van der Waals surface area contributed by atoms with Crippen molar-refractivity contribution in [2.75, 3.05) is 20.1 Å². The second kappa shape index (κ2) is 6.80. The van der Waals surface area contributed by atoms with E-state index >= 15 is 0 Å². The van der Waals surface area contributed by atoms with Crippen molar-refractivity contribution < 1.29 is 0 Å². The molecule has 0 saturated carbocycles. The van der Waals surface area contributed by atoms with Gasteiger partial charge in [-0.15, -0.1) is 11.3 Å². The van der Waals surface area contributed by atoms with Crippen LogP contribution in [0.1, 0.15) is 63.3 Å². The van der Waals surface area contributed by atoms with Gasteiger partial charge in [-0.1, -0.05) is 20.8 Å². The van der Waals surface area contributed by atoms with Gasteiger partial charge in [-0.25, -0.2) is 0 Å². The number of hydrogen-bond donors (Lipinski definition) is 1. The number of thiophene rings is 1. The van der Waals surface area contributed by atoms with E-state index in [1.54, 1.807) is 4.88 Å². The lowest BCUT2D eigenvalue weighted by atomic mass is 9.87. The number of rotatable bonds is 4. The predicted octanol–water partition coefficient (Wildman–Crippen LogP) is 4.43. The van der Waals surface area contributed by atoms with Gasteiger partial charge in [0.15, 0.2) is 0 Å². The molecule has 2 unspecified atom stereocenters. The van der Waals surface area contributed by atoms with Crippen molar-refractivity contribution in [1.82, 2.24) is 10.2 Å². The minimum absolute atomic E-state index is 0.263. The van der Waals surface area contributed by atoms with Crippen molar-refractivity contribution in [3.8, 4) is 0 Å². The van der Waals surface area contributed by atoms with Gasteiger partial charge in [0.2, 0.25) is 0 Å². The highest BCUT2D eigenvalue weighted by atomic mass is 32.1. The molecule has 1 saturated heterocycles. The van der Waals surface area contributed by atoms with Crippen LogP contribution in [0.5, 0.6) is 0 Å². The second-order valence-electron chi connectivity index (χ2n) is 7.69. The van der Waals surface area contributed by atoms with Gasteiger partial charge in [0.25, 0.3) is 0 Å². The molecule has 1 aromatic heterocycles. The first kappa shape index (κ1) is 17.0. The van der Waals surface area contributed by atoms with Crippen LogP contribution in [0.15, 0.2) is 12.1 Å². The summed E-state index contributed by atoms with van der Waals surface area (Å²) >= 11 is 2.03. The van der Waals surface area contributed by atoms with Crippen LogP contribution >= 0.6 is 11.3 Å². The minimum atomic E-state index is 0.263. The molecule has 0 aromatic carbocycles. The van der Waals surface area contributed by atoms with Crippen molar-refractivity contribution >= 4 is 11.3 Å². The number of nitrogens with one attached hydrogen (secondary N) is 1. The summed E-state index contributed by atoms with van der Waals surface area (Å²) in [5, 5.41) is 3.41. The highest BCUT2D eigenvalue weighted by molar-refractivity contribution is 7.12. The van der Waals surface area contributed by atoms with E-state index in [1.807, 2.05) is 11.3 Å². The standard InChI is InChI=1S/C18H32N2S/c1-13(2)20-11-7-8-14(12-19-6)17(20)15-9-10-16(21-15)18(3,4)5/h9-10,13-14,17,19H,7-8,11-12H2,1-6H3. The number of likely N-dealkylation sites (tertiary alicyclic amines) is 1. The van der Waals surface area contributed by atoms with E-state index in [9.17, 15) is 0 Å². The van der Waals surface area contributed by atoms with Crippen LogP contribution in [-0.2, 0) is 5.41 Å². The third-order valence-corrected chi connectivity index (χ3v) is 6.16. The zero-order valence-corrected chi connectivity index (χ0v) is 15.4. The summed E-state index contributed by atoms with van der Waals surface area (Å²) in [5.41, 5.74) is 0.263. The third kappa shape index (κ3) is 3.88. The zero-order chi connectivity index (χ0) is 15.6. The highest BCUT2D eigenvalue weighted by Crippen LogP contribution is 2.42. The maximum Gasteiger partial charge on any atom is 0.0484 e. The fourth-order valence-electron chi connectivity index (χ4n) is 3.47. The largest absolute Gasteiger partial charge is 0.319 e. The molecule has 3 heteroatoms. The molecule has 1 aliphatic heterocycles. The first-order valence-electron chi connectivity index (χ1n) is 8.35. The van der Waals surface area contributed by atoms with E-state index in [4.69, 9.17) is 0 Å². The summed E-state index contributed by atoms with van der Waals surface area (Å²) in [5.74, 6) is 0.734. The maximum atomic E-state index is 3.41. The first-order valence-corrected chi connectivity index (χ1v) is 9.16. The molecule has 2 heterocycles. The Morgan fingerprint density at radius 1 is 1.33 bits per heavy atom. The molecule has 2 nitrogen and oxygen atoms in total. The van der Waals surface area contributed by atoms with Gasteiger partial charge in [-0.3, -0.25) is 4.90 Å². The minimum Gasteiger partial charge on any atom is -0.319 e. The van der Waals surface area contributed by atoms with E-state index in [0.29, 0.717) is 12.1 Å². The topological polar surface area (TPSA) is 15.3 Å². The molecule has 1 fully saturated rings. The number of piperidine rings is 1. The fraction of sp³-hybridized carbons (Fsp3) is 0.778. The lowest BCUT2D eigenvalue weighted by molar-refractivity contribution is 0.0658. The summed E-state index contributed by atoms with van der Waals surface area (Å²) in [6.45, 7) is 14.0. The van der Waals surface area contributed by atoms with Crippen molar-refractivity contribution in [1.29, 1.82) is 0 Å². The Labute approximate surface area is 134 Å². The molecule has 1 aliphatic rings. The summed E-state index contributed by atoms with van der Waals surface area (Å²) in [6, 6.07) is 5.95. The molecular formula is C18H32N2S. The Bertz CT molecular complexity index is 442. The summed E-state index contributed by atoms with van der Waals surface area (Å²) in [7, 11) is 2.08. The van der Waals surface area contributed by atoms with Gasteiger partial charge in [0.1, 0.15) is 0 Å². The normalized spacial score (nSPS) is 24.7. The van der Waals surface area contributed by atoms with Crippen LogP contribution in [0.3, 0.4) is 0 Å². The highest BCUT2D eigenvalue weighted by Gasteiger charge is 2.35. The van der Waals surface area contributed by atoms with Crippen LogP contribution < -0.4 is 5.32 Å². The molecule has 120 valence electrons. The summed E-state index contributed by atoms with van der Waals surface area (Å²) < 4.78 is 0. The Kier molecular flexibility index (Phi) is 5.50. The van der Waals surface area contributed by atoms with Crippen LogP contribution in [0.4, 0.5) is 0 Å². The Hall–Kier alpha value is -0.380. The molecule has 1 aromatic rings. The maximum absolute atomic E-state index is 3.41. The van der Waals surface area contributed by atoms with E-state index in [2.05, 4.69) is 64.0 Å². The fourth-order valence-corrected chi connectivity index (χ4v) is 4.75. The van der Waals surface area contributed by atoms with E-state index in [0.717, 1.165) is 12.5 Å². The number of nitrogens with zero attached hydrogens (tertiary/aromatic N) is 1. The van der Waals surface area contributed by atoms with E-state index < -0.39 is 0 Å². The van der Waals surface area contributed by atoms with Crippen LogP contribution in [-0.4, -0.2) is 31.1 Å². The zero-order valence-electron chi connectivity index (χ0n) is 14.6. The van der Waals surface area contributed by atoms with Crippen molar-refractivity contribution in [2.45, 2.75) is 65.0 Å². The van der Waals surface area contributed by atoms with Crippen LogP contribution in [0, 0.1) is 5.92 Å². The van der Waals surface area contributed by atoms with Gasteiger partial charge >= 0.3 is 0 Å². The molecule has 21 heavy (non-hydrogen) atoms. The molecule has 2 atom stereocenters. The van der Waals surface area contributed by atoms with Gasteiger partial charge in [-0.05, 0) is 70.3 Å². The van der Waals surface area contributed by atoms with E-state index in [-0.39, 0.29) is 5.41 Å². The molecule has 0 radical (unpaired) electrons. The third-order valence-electron chi connectivity index (χ3n) is 4.58. The van der Waals surface area contributed by atoms with Crippen LogP contribution in [0.2, 0.25) is 0 Å². The Morgan fingerprint density at radius 3 is 2.57 bits per heavy atom. The molecular weight excluding hydrogens is 276 g/mol. The van der Waals surface area contributed by atoms with Crippen LogP contribution in [0.25, 0.3) is 0 Å². The predicted molar refractivity (Wildman–Crippen MR) is 94.3 cm³/mol.